The second kappa shape index (κ2) is 8.33. The van der Waals surface area contributed by atoms with Crippen molar-refractivity contribution >= 4 is 11.6 Å². The average molecular weight is 357 g/mol. The summed E-state index contributed by atoms with van der Waals surface area (Å²) in [5, 5.41) is 6.52. The molecule has 2 N–H and O–H groups in total. The van der Waals surface area contributed by atoms with Gasteiger partial charge in [0.2, 0.25) is 6.79 Å². The van der Waals surface area contributed by atoms with Crippen LogP contribution < -0.4 is 29.6 Å². The Labute approximate surface area is 152 Å². The zero-order valence-electron chi connectivity index (χ0n) is 15.2. The van der Waals surface area contributed by atoms with Gasteiger partial charge in [-0.05, 0) is 36.8 Å². The molecule has 0 radical (unpaired) electrons. The van der Waals surface area contributed by atoms with E-state index in [9.17, 15) is 0 Å². The van der Waals surface area contributed by atoms with Crippen LogP contribution in [0, 0.1) is 0 Å². The minimum absolute atomic E-state index is 0.273. The molecule has 1 aliphatic heterocycles. The molecular weight excluding hydrogens is 334 g/mol. The third-order valence-electron chi connectivity index (χ3n) is 3.85. The van der Waals surface area contributed by atoms with Crippen molar-refractivity contribution in [3.8, 4) is 23.0 Å². The van der Waals surface area contributed by atoms with Crippen LogP contribution in [0.1, 0.15) is 12.5 Å². The van der Waals surface area contributed by atoms with Crippen molar-refractivity contribution in [2.24, 2.45) is 4.99 Å². The quantitative estimate of drug-likeness (QED) is 0.612. The van der Waals surface area contributed by atoms with Crippen molar-refractivity contribution in [1.29, 1.82) is 0 Å². The first-order valence-corrected chi connectivity index (χ1v) is 8.40. The van der Waals surface area contributed by atoms with Gasteiger partial charge in [-0.1, -0.05) is 6.07 Å². The standard InChI is InChI=1S/C19H23N3O4/c1-4-24-15-8-6-14(10-17(15)23-3)22-19(20-2)21-11-13-5-7-16-18(9-13)26-12-25-16/h5-10H,4,11-12H2,1-3H3,(H2,20,21,22). The summed E-state index contributed by atoms with van der Waals surface area (Å²) in [5.41, 5.74) is 1.92. The molecule has 0 spiro atoms. The highest BCUT2D eigenvalue weighted by Gasteiger charge is 2.13. The number of ether oxygens (including phenoxy) is 4. The third-order valence-corrected chi connectivity index (χ3v) is 3.85. The Hall–Kier alpha value is -3.09. The molecule has 0 saturated carbocycles. The van der Waals surface area contributed by atoms with Crippen molar-refractivity contribution < 1.29 is 18.9 Å². The van der Waals surface area contributed by atoms with E-state index in [2.05, 4.69) is 15.6 Å². The molecule has 0 bridgehead atoms. The number of hydrogen-bond donors (Lipinski definition) is 2. The van der Waals surface area contributed by atoms with Crippen molar-refractivity contribution in [3.63, 3.8) is 0 Å². The number of anilines is 1. The van der Waals surface area contributed by atoms with E-state index in [4.69, 9.17) is 18.9 Å². The van der Waals surface area contributed by atoms with Gasteiger partial charge in [-0.3, -0.25) is 4.99 Å². The molecule has 3 rings (SSSR count). The lowest BCUT2D eigenvalue weighted by Gasteiger charge is -2.14. The highest BCUT2D eigenvalue weighted by atomic mass is 16.7. The third kappa shape index (κ3) is 4.11. The Balaban J connectivity index is 1.63. The van der Waals surface area contributed by atoms with Crippen molar-refractivity contribution in [3.05, 3.63) is 42.0 Å². The van der Waals surface area contributed by atoms with Crippen LogP contribution in [-0.2, 0) is 6.54 Å². The van der Waals surface area contributed by atoms with Crippen LogP contribution in [0.25, 0.3) is 0 Å². The van der Waals surface area contributed by atoms with Gasteiger partial charge in [0.05, 0.1) is 13.7 Å². The lowest BCUT2D eigenvalue weighted by molar-refractivity contribution is 0.174. The summed E-state index contributed by atoms with van der Waals surface area (Å²) in [5.74, 6) is 3.57. The molecule has 7 heteroatoms. The van der Waals surface area contributed by atoms with Crippen LogP contribution in [0.5, 0.6) is 23.0 Å². The first-order chi connectivity index (χ1) is 12.7. The molecule has 0 saturated heterocycles. The molecule has 2 aromatic carbocycles. The maximum Gasteiger partial charge on any atom is 0.231 e. The smallest absolute Gasteiger partial charge is 0.231 e. The number of hydrogen-bond acceptors (Lipinski definition) is 5. The summed E-state index contributed by atoms with van der Waals surface area (Å²) >= 11 is 0. The highest BCUT2D eigenvalue weighted by Crippen LogP contribution is 2.32. The Morgan fingerprint density at radius 2 is 1.96 bits per heavy atom. The summed E-state index contributed by atoms with van der Waals surface area (Å²) in [4.78, 5) is 4.25. The van der Waals surface area contributed by atoms with Gasteiger partial charge in [-0.15, -0.1) is 0 Å². The minimum Gasteiger partial charge on any atom is -0.493 e. The second-order valence-corrected chi connectivity index (χ2v) is 5.54. The van der Waals surface area contributed by atoms with E-state index < -0.39 is 0 Å². The number of rotatable bonds is 6. The molecule has 0 atom stereocenters. The molecular formula is C19H23N3O4. The maximum absolute atomic E-state index is 5.54. The van der Waals surface area contributed by atoms with E-state index >= 15 is 0 Å². The predicted molar refractivity (Wildman–Crippen MR) is 101 cm³/mol. The fourth-order valence-corrected chi connectivity index (χ4v) is 2.57. The summed E-state index contributed by atoms with van der Waals surface area (Å²) < 4.78 is 21.6. The Kier molecular flexibility index (Phi) is 5.68. The number of methoxy groups -OCH3 is 1. The SMILES string of the molecule is CCOc1ccc(NC(=NC)NCc2ccc3c(c2)OCO3)cc1OC. The number of benzene rings is 2. The number of nitrogens with zero attached hydrogens (tertiary/aromatic N) is 1. The van der Waals surface area contributed by atoms with Gasteiger partial charge < -0.3 is 29.6 Å². The zero-order valence-corrected chi connectivity index (χ0v) is 15.2. The maximum atomic E-state index is 5.54. The van der Waals surface area contributed by atoms with Crippen LogP contribution in [0.3, 0.4) is 0 Å². The van der Waals surface area contributed by atoms with Crippen LogP contribution in [-0.4, -0.2) is 33.5 Å². The molecule has 26 heavy (non-hydrogen) atoms. The summed E-state index contributed by atoms with van der Waals surface area (Å²) in [7, 11) is 3.34. The molecule has 138 valence electrons. The molecule has 0 amide bonds. The van der Waals surface area contributed by atoms with E-state index in [1.807, 2.05) is 43.3 Å². The summed E-state index contributed by atoms with van der Waals surface area (Å²) in [6.07, 6.45) is 0. The van der Waals surface area contributed by atoms with E-state index in [0.717, 1.165) is 22.7 Å². The molecule has 0 aromatic heterocycles. The fourth-order valence-electron chi connectivity index (χ4n) is 2.57. The monoisotopic (exact) mass is 357 g/mol. The molecule has 0 fully saturated rings. The highest BCUT2D eigenvalue weighted by molar-refractivity contribution is 5.93. The van der Waals surface area contributed by atoms with Crippen LogP contribution in [0.4, 0.5) is 5.69 Å². The molecule has 2 aromatic rings. The van der Waals surface area contributed by atoms with Gasteiger partial charge in [0.15, 0.2) is 29.0 Å². The molecule has 7 nitrogen and oxygen atoms in total. The van der Waals surface area contributed by atoms with Crippen molar-refractivity contribution in [2.45, 2.75) is 13.5 Å². The first-order valence-electron chi connectivity index (χ1n) is 8.40. The Bertz CT molecular complexity index is 792. The summed E-state index contributed by atoms with van der Waals surface area (Å²) in [6, 6.07) is 11.5. The van der Waals surface area contributed by atoms with Crippen LogP contribution >= 0.6 is 0 Å². The van der Waals surface area contributed by atoms with Crippen molar-refractivity contribution in [2.75, 3.05) is 32.9 Å². The second-order valence-electron chi connectivity index (χ2n) is 5.54. The van der Waals surface area contributed by atoms with Gasteiger partial charge in [-0.25, -0.2) is 0 Å². The fraction of sp³-hybridized carbons (Fsp3) is 0.316. The zero-order chi connectivity index (χ0) is 18.4. The van der Waals surface area contributed by atoms with Gasteiger partial charge in [0.1, 0.15) is 0 Å². The predicted octanol–water partition coefficient (Wildman–Crippen LogP) is 3.01. The molecule has 1 heterocycles. The lowest BCUT2D eigenvalue weighted by Crippen LogP contribution is -2.30. The van der Waals surface area contributed by atoms with E-state index in [1.54, 1.807) is 14.2 Å². The number of nitrogens with one attached hydrogen (secondary N) is 2. The minimum atomic E-state index is 0.273. The van der Waals surface area contributed by atoms with Crippen molar-refractivity contribution in [1.82, 2.24) is 5.32 Å². The normalized spacial score (nSPS) is 12.7. The van der Waals surface area contributed by atoms with Crippen LogP contribution in [0.15, 0.2) is 41.4 Å². The van der Waals surface area contributed by atoms with Gasteiger partial charge >= 0.3 is 0 Å². The molecule has 1 aliphatic rings. The Morgan fingerprint density at radius 1 is 1.12 bits per heavy atom. The van der Waals surface area contributed by atoms with Gasteiger partial charge in [0.25, 0.3) is 0 Å². The molecule has 0 aliphatic carbocycles. The van der Waals surface area contributed by atoms with E-state index in [1.165, 1.54) is 0 Å². The molecule has 0 unspecified atom stereocenters. The lowest BCUT2D eigenvalue weighted by atomic mass is 10.2. The largest absolute Gasteiger partial charge is 0.493 e. The number of fused-ring (bicyclic) bond motifs is 1. The summed E-state index contributed by atoms with van der Waals surface area (Å²) in [6.45, 7) is 3.40. The van der Waals surface area contributed by atoms with E-state index in [0.29, 0.717) is 30.6 Å². The van der Waals surface area contributed by atoms with Gasteiger partial charge in [0, 0.05) is 25.3 Å². The average Bonchev–Trinajstić information content (AvgIpc) is 3.14. The van der Waals surface area contributed by atoms with E-state index in [-0.39, 0.29) is 6.79 Å². The Morgan fingerprint density at radius 3 is 2.73 bits per heavy atom. The van der Waals surface area contributed by atoms with Crippen LogP contribution in [0.2, 0.25) is 0 Å². The van der Waals surface area contributed by atoms with Gasteiger partial charge in [-0.2, -0.15) is 0 Å². The first kappa shape index (κ1) is 17.7. The topological polar surface area (TPSA) is 73.3 Å². The number of guanidine groups is 1. The number of aliphatic imine (C=N–C) groups is 1.